The lowest BCUT2D eigenvalue weighted by Gasteiger charge is -2.12. The third-order valence-electron chi connectivity index (χ3n) is 4.34. The number of nitrogens with zero attached hydrogens (tertiary/aromatic N) is 3. The quantitative estimate of drug-likeness (QED) is 0.586. The van der Waals surface area contributed by atoms with E-state index in [2.05, 4.69) is 15.3 Å². The van der Waals surface area contributed by atoms with Gasteiger partial charge in [0.1, 0.15) is 17.8 Å². The molecule has 6 heteroatoms. The molecule has 6 nitrogen and oxygen atoms in total. The minimum Gasteiger partial charge on any atom is -0.325 e. The zero-order valence-corrected chi connectivity index (χ0v) is 15.1. The maximum atomic E-state index is 13.1. The van der Waals surface area contributed by atoms with Gasteiger partial charge in [-0.1, -0.05) is 48.5 Å². The fourth-order valence-electron chi connectivity index (χ4n) is 3.05. The molecule has 0 unspecified atom stereocenters. The van der Waals surface area contributed by atoms with Crippen molar-refractivity contribution in [2.45, 2.75) is 13.0 Å². The molecule has 0 aliphatic heterocycles. The molecule has 0 aliphatic rings. The molecule has 1 N–H and O–H groups in total. The minimum absolute atomic E-state index is 0.133. The number of pyridine rings is 1. The number of benzene rings is 2. The summed E-state index contributed by atoms with van der Waals surface area (Å²) in [5, 5.41) is 2.80. The molecular weight excluding hydrogens is 352 g/mol. The zero-order chi connectivity index (χ0) is 19.3. The van der Waals surface area contributed by atoms with Crippen LogP contribution in [0.5, 0.6) is 0 Å². The highest BCUT2D eigenvalue weighted by Crippen LogP contribution is 2.11. The molecule has 0 spiro atoms. The van der Waals surface area contributed by atoms with Gasteiger partial charge in [-0.2, -0.15) is 0 Å². The van der Waals surface area contributed by atoms with Crippen LogP contribution < -0.4 is 10.9 Å². The van der Waals surface area contributed by atoms with Crippen LogP contribution in [0.25, 0.3) is 11.2 Å². The molecule has 2 heterocycles. The number of carbonyl (C=O) groups excluding carboxylic acids is 1. The second-order valence-electron chi connectivity index (χ2n) is 6.37. The Morgan fingerprint density at radius 3 is 2.39 bits per heavy atom. The van der Waals surface area contributed by atoms with Crippen molar-refractivity contribution in [1.29, 1.82) is 0 Å². The van der Waals surface area contributed by atoms with Crippen molar-refractivity contribution in [3.63, 3.8) is 0 Å². The van der Waals surface area contributed by atoms with Crippen LogP contribution in [-0.4, -0.2) is 20.4 Å². The maximum absolute atomic E-state index is 13.1. The van der Waals surface area contributed by atoms with Gasteiger partial charge in [0.05, 0.1) is 0 Å². The largest absolute Gasteiger partial charge is 0.325 e. The molecule has 0 fully saturated rings. The normalized spacial score (nSPS) is 10.7. The van der Waals surface area contributed by atoms with Gasteiger partial charge in [0.15, 0.2) is 5.65 Å². The summed E-state index contributed by atoms with van der Waals surface area (Å²) in [4.78, 5) is 34.3. The Balaban J connectivity index is 1.70. The Hall–Kier alpha value is -3.80. The molecule has 0 saturated carbocycles. The number of fused-ring (bicyclic) bond motifs is 1. The van der Waals surface area contributed by atoms with Gasteiger partial charge in [0.2, 0.25) is 5.91 Å². The standard InChI is InChI=1S/C22H18N4O2/c27-20(24-17-10-5-2-6-11-17)15-26-21-18(12-7-13-23-21)25-19(22(26)28)14-16-8-3-1-4-9-16/h1-13H,14-15H2,(H,24,27). The molecule has 0 atom stereocenters. The summed E-state index contributed by atoms with van der Waals surface area (Å²) in [6, 6.07) is 22.3. The van der Waals surface area contributed by atoms with Crippen LogP contribution in [0.4, 0.5) is 5.69 Å². The predicted octanol–water partition coefficient (Wildman–Crippen LogP) is 3.02. The van der Waals surface area contributed by atoms with Gasteiger partial charge in [0.25, 0.3) is 5.56 Å². The molecule has 4 aromatic rings. The monoisotopic (exact) mass is 370 g/mol. The van der Waals surface area contributed by atoms with E-state index < -0.39 is 0 Å². The predicted molar refractivity (Wildman–Crippen MR) is 108 cm³/mol. The Morgan fingerprint density at radius 2 is 1.64 bits per heavy atom. The van der Waals surface area contributed by atoms with E-state index in [1.54, 1.807) is 30.5 Å². The van der Waals surface area contributed by atoms with E-state index in [1.807, 2.05) is 48.5 Å². The first-order valence-electron chi connectivity index (χ1n) is 8.94. The number of carbonyl (C=O) groups is 1. The third-order valence-corrected chi connectivity index (χ3v) is 4.34. The SMILES string of the molecule is O=C(Cn1c(=O)c(Cc2ccccc2)nc2cccnc21)Nc1ccccc1. The van der Waals surface area contributed by atoms with Crippen LogP contribution in [0, 0.1) is 0 Å². The molecular formula is C22H18N4O2. The Labute approximate surface area is 161 Å². The van der Waals surface area contributed by atoms with Gasteiger partial charge >= 0.3 is 0 Å². The first kappa shape index (κ1) is 17.6. The van der Waals surface area contributed by atoms with Crippen LogP contribution in [0.3, 0.4) is 0 Å². The van der Waals surface area contributed by atoms with Crippen LogP contribution in [0.1, 0.15) is 11.3 Å². The van der Waals surface area contributed by atoms with Gasteiger partial charge in [-0.05, 0) is 29.8 Å². The summed E-state index contributed by atoms with van der Waals surface area (Å²) in [5.74, 6) is -0.294. The van der Waals surface area contributed by atoms with Gasteiger partial charge in [-0.25, -0.2) is 9.97 Å². The average Bonchev–Trinajstić information content (AvgIpc) is 2.72. The maximum Gasteiger partial charge on any atom is 0.274 e. The summed E-state index contributed by atoms with van der Waals surface area (Å²) >= 11 is 0. The number of rotatable bonds is 5. The lowest BCUT2D eigenvalue weighted by molar-refractivity contribution is -0.116. The summed E-state index contributed by atoms with van der Waals surface area (Å²) in [6.45, 7) is -0.133. The first-order chi connectivity index (χ1) is 13.7. The van der Waals surface area contributed by atoms with Crippen molar-refractivity contribution in [3.8, 4) is 0 Å². The van der Waals surface area contributed by atoms with Crippen molar-refractivity contribution in [1.82, 2.24) is 14.5 Å². The lowest BCUT2D eigenvalue weighted by Crippen LogP contribution is -2.31. The summed E-state index contributed by atoms with van der Waals surface area (Å²) in [7, 11) is 0. The van der Waals surface area contributed by atoms with Gasteiger partial charge in [-0.3, -0.25) is 14.2 Å². The van der Waals surface area contributed by atoms with Crippen molar-refractivity contribution in [3.05, 3.63) is 101 Å². The summed E-state index contributed by atoms with van der Waals surface area (Å²) in [6.07, 6.45) is 1.98. The van der Waals surface area contributed by atoms with Crippen molar-refractivity contribution in [2.75, 3.05) is 5.32 Å². The zero-order valence-electron chi connectivity index (χ0n) is 15.1. The van der Waals surface area contributed by atoms with Crippen LogP contribution in [0.15, 0.2) is 83.8 Å². The van der Waals surface area contributed by atoms with E-state index in [0.29, 0.717) is 29.0 Å². The average molecular weight is 370 g/mol. The van der Waals surface area contributed by atoms with E-state index in [9.17, 15) is 9.59 Å². The number of nitrogens with one attached hydrogen (secondary N) is 1. The molecule has 0 bridgehead atoms. The summed E-state index contributed by atoms with van der Waals surface area (Å²) < 4.78 is 1.39. The highest BCUT2D eigenvalue weighted by Gasteiger charge is 2.15. The van der Waals surface area contributed by atoms with Gasteiger partial charge in [0, 0.05) is 18.3 Å². The molecule has 1 amide bonds. The van der Waals surface area contributed by atoms with Crippen molar-refractivity contribution >= 4 is 22.8 Å². The Morgan fingerprint density at radius 1 is 0.929 bits per heavy atom. The molecule has 0 saturated heterocycles. The molecule has 2 aromatic heterocycles. The molecule has 28 heavy (non-hydrogen) atoms. The smallest absolute Gasteiger partial charge is 0.274 e. The van der Waals surface area contributed by atoms with E-state index in [4.69, 9.17) is 0 Å². The molecule has 0 aliphatic carbocycles. The molecule has 2 aromatic carbocycles. The second-order valence-corrected chi connectivity index (χ2v) is 6.37. The van der Waals surface area contributed by atoms with Crippen LogP contribution in [-0.2, 0) is 17.8 Å². The molecule has 4 rings (SSSR count). The van der Waals surface area contributed by atoms with Gasteiger partial charge in [-0.15, -0.1) is 0 Å². The topological polar surface area (TPSA) is 76.9 Å². The van der Waals surface area contributed by atoms with E-state index in [-0.39, 0.29) is 18.0 Å². The number of para-hydroxylation sites is 1. The highest BCUT2D eigenvalue weighted by molar-refractivity contribution is 5.91. The Kier molecular flexibility index (Phi) is 4.93. The van der Waals surface area contributed by atoms with Crippen molar-refractivity contribution < 1.29 is 4.79 Å². The number of anilines is 1. The van der Waals surface area contributed by atoms with E-state index >= 15 is 0 Å². The minimum atomic E-state index is -0.307. The van der Waals surface area contributed by atoms with Crippen LogP contribution >= 0.6 is 0 Å². The number of aromatic nitrogens is 3. The van der Waals surface area contributed by atoms with E-state index in [1.165, 1.54) is 4.57 Å². The van der Waals surface area contributed by atoms with E-state index in [0.717, 1.165) is 5.56 Å². The Bertz CT molecular complexity index is 1170. The molecule has 0 radical (unpaired) electrons. The number of hydrogen-bond acceptors (Lipinski definition) is 4. The summed E-state index contributed by atoms with van der Waals surface area (Å²) in [5.41, 5.74) is 2.72. The fourth-order valence-corrected chi connectivity index (χ4v) is 3.05. The van der Waals surface area contributed by atoms with Crippen molar-refractivity contribution in [2.24, 2.45) is 0 Å². The second kappa shape index (κ2) is 7.84. The fraction of sp³-hybridized carbons (Fsp3) is 0.0909. The third kappa shape index (κ3) is 3.81. The van der Waals surface area contributed by atoms with Crippen LogP contribution in [0.2, 0.25) is 0 Å². The molecule has 138 valence electrons. The lowest BCUT2D eigenvalue weighted by atomic mass is 10.1. The van der Waals surface area contributed by atoms with Gasteiger partial charge < -0.3 is 5.32 Å². The highest BCUT2D eigenvalue weighted by atomic mass is 16.2. The number of hydrogen-bond donors (Lipinski definition) is 1. The number of amides is 1. The first-order valence-corrected chi connectivity index (χ1v) is 8.94.